The lowest BCUT2D eigenvalue weighted by atomic mass is 10.0. The van der Waals surface area contributed by atoms with Gasteiger partial charge in [0.25, 0.3) is 5.91 Å². The van der Waals surface area contributed by atoms with Crippen molar-refractivity contribution in [2.24, 2.45) is 0 Å². The van der Waals surface area contributed by atoms with E-state index < -0.39 is 0 Å². The molecule has 36 heavy (non-hydrogen) atoms. The van der Waals surface area contributed by atoms with E-state index in [4.69, 9.17) is 4.98 Å². The Kier molecular flexibility index (Phi) is 6.86. The van der Waals surface area contributed by atoms with Gasteiger partial charge in [-0.05, 0) is 68.5 Å². The highest BCUT2D eigenvalue weighted by molar-refractivity contribution is 6.04. The molecule has 2 N–H and O–H groups in total. The first-order valence-electron chi connectivity index (χ1n) is 12.2. The number of anilines is 2. The fourth-order valence-electron chi connectivity index (χ4n) is 4.50. The van der Waals surface area contributed by atoms with Crippen molar-refractivity contribution >= 4 is 28.3 Å². The quantitative estimate of drug-likeness (QED) is 0.383. The molecule has 1 aliphatic rings. The number of carbonyl (C=O) groups excluding carboxylic acids is 1. The summed E-state index contributed by atoms with van der Waals surface area (Å²) in [7, 11) is 0. The first kappa shape index (κ1) is 23.8. The summed E-state index contributed by atoms with van der Waals surface area (Å²) in [5.41, 5.74) is 2.06. The number of hydrogen-bond donors (Lipinski definition) is 2. The predicted octanol–water partition coefficient (Wildman–Crippen LogP) is 5.37. The van der Waals surface area contributed by atoms with Crippen molar-refractivity contribution in [1.82, 2.24) is 19.9 Å². The van der Waals surface area contributed by atoms with E-state index in [1.165, 1.54) is 24.3 Å². The summed E-state index contributed by atoms with van der Waals surface area (Å²) in [4.78, 5) is 28.6. The molecule has 1 aliphatic heterocycles. The Bertz CT molecular complexity index is 1370. The zero-order chi connectivity index (χ0) is 25.1. The minimum Gasteiger partial charge on any atom is -0.366 e. The summed E-state index contributed by atoms with van der Waals surface area (Å²) in [6.07, 6.45) is 7.41. The molecule has 0 spiro atoms. The van der Waals surface area contributed by atoms with E-state index in [-0.39, 0.29) is 11.7 Å². The maximum absolute atomic E-state index is 13.2. The highest BCUT2D eigenvalue weighted by Gasteiger charge is 2.21. The lowest BCUT2D eigenvalue weighted by Gasteiger charge is -2.35. The fraction of sp³-hybridized carbons (Fsp3) is 0.286. The number of benzene rings is 2. The molecule has 8 heteroatoms. The molecule has 0 saturated carbocycles. The molecule has 1 amide bonds. The Morgan fingerprint density at radius 1 is 0.972 bits per heavy atom. The maximum atomic E-state index is 13.2. The van der Waals surface area contributed by atoms with E-state index in [1.807, 2.05) is 24.3 Å². The fourth-order valence-corrected chi connectivity index (χ4v) is 4.50. The summed E-state index contributed by atoms with van der Waals surface area (Å²) >= 11 is 0. The van der Waals surface area contributed by atoms with Gasteiger partial charge >= 0.3 is 0 Å². The van der Waals surface area contributed by atoms with Gasteiger partial charge in [-0.1, -0.05) is 12.1 Å². The number of nitrogens with one attached hydrogen (secondary N) is 2. The number of halogens is 1. The van der Waals surface area contributed by atoms with Gasteiger partial charge in [0.1, 0.15) is 17.5 Å². The van der Waals surface area contributed by atoms with Crippen LogP contribution in [0.15, 0.2) is 67.1 Å². The Balaban J connectivity index is 1.31. The van der Waals surface area contributed by atoms with Crippen molar-refractivity contribution in [3.8, 4) is 11.3 Å². The standard InChI is InChI=1S/C28H29FN6O/c1-18(2)35-11-9-24(10-12-35)32-27-17-30-16-25(33-27)20-3-4-21-15-31-26(14-22(21)13-20)34-28(36)19-5-7-23(29)8-6-19/h3-8,13-18,24H,9-12H2,1-2H3,(H,32,33)(H,31,34,36). The van der Waals surface area contributed by atoms with Gasteiger partial charge in [0, 0.05) is 47.9 Å². The van der Waals surface area contributed by atoms with Gasteiger partial charge in [0.15, 0.2) is 0 Å². The highest BCUT2D eigenvalue weighted by Crippen LogP contribution is 2.25. The summed E-state index contributed by atoms with van der Waals surface area (Å²) in [5, 5.41) is 8.19. The summed E-state index contributed by atoms with van der Waals surface area (Å²) in [5.74, 6) is 0.462. The Morgan fingerprint density at radius 3 is 2.50 bits per heavy atom. The number of hydrogen-bond acceptors (Lipinski definition) is 6. The minimum absolute atomic E-state index is 0.345. The molecule has 0 unspecified atom stereocenters. The van der Waals surface area contributed by atoms with Crippen LogP contribution in [0.4, 0.5) is 16.0 Å². The van der Waals surface area contributed by atoms with E-state index in [2.05, 4.69) is 39.3 Å². The molecule has 0 bridgehead atoms. The van der Waals surface area contributed by atoms with Crippen molar-refractivity contribution in [3.63, 3.8) is 0 Å². The van der Waals surface area contributed by atoms with Crippen LogP contribution in [-0.4, -0.2) is 50.9 Å². The van der Waals surface area contributed by atoms with Gasteiger partial charge in [-0.2, -0.15) is 0 Å². The van der Waals surface area contributed by atoms with Gasteiger partial charge in [-0.15, -0.1) is 0 Å². The average Bonchev–Trinajstić information content (AvgIpc) is 2.89. The van der Waals surface area contributed by atoms with E-state index in [0.29, 0.717) is 23.5 Å². The van der Waals surface area contributed by atoms with E-state index in [9.17, 15) is 9.18 Å². The predicted molar refractivity (Wildman–Crippen MR) is 140 cm³/mol. The largest absolute Gasteiger partial charge is 0.366 e. The molecule has 0 atom stereocenters. The SMILES string of the molecule is CC(C)N1CCC(Nc2cncc(-c3ccc4cnc(NC(=O)c5ccc(F)cc5)cc4c3)n2)CC1. The third-order valence-electron chi connectivity index (χ3n) is 6.61. The molecule has 3 heterocycles. The van der Waals surface area contributed by atoms with Crippen molar-refractivity contribution in [2.45, 2.75) is 38.8 Å². The second kappa shape index (κ2) is 10.4. The van der Waals surface area contributed by atoms with Crippen LogP contribution in [0.2, 0.25) is 0 Å². The highest BCUT2D eigenvalue weighted by atomic mass is 19.1. The van der Waals surface area contributed by atoms with Gasteiger partial charge in [-0.3, -0.25) is 9.78 Å². The summed E-state index contributed by atoms with van der Waals surface area (Å²) in [6.45, 7) is 6.65. The van der Waals surface area contributed by atoms with Crippen molar-refractivity contribution in [2.75, 3.05) is 23.7 Å². The molecule has 184 valence electrons. The molecular formula is C28H29FN6O. The van der Waals surface area contributed by atoms with Crippen LogP contribution in [-0.2, 0) is 0 Å². The molecule has 2 aromatic heterocycles. The lowest BCUT2D eigenvalue weighted by Crippen LogP contribution is -2.42. The van der Waals surface area contributed by atoms with Gasteiger partial charge in [-0.25, -0.2) is 14.4 Å². The van der Waals surface area contributed by atoms with E-state index in [0.717, 1.165) is 53.8 Å². The lowest BCUT2D eigenvalue weighted by molar-refractivity contribution is 0.102. The minimum atomic E-state index is -0.387. The summed E-state index contributed by atoms with van der Waals surface area (Å²) in [6, 6.07) is 14.2. The topological polar surface area (TPSA) is 83.0 Å². The third kappa shape index (κ3) is 5.49. The molecule has 1 fully saturated rings. The van der Waals surface area contributed by atoms with Gasteiger partial charge < -0.3 is 15.5 Å². The van der Waals surface area contributed by atoms with E-state index in [1.54, 1.807) is 18.6 Å². The zero-order valence-corrected chi connectivity index (χ0v) is 20.4. The van der Waals surface area contributed by atoms with Crippen LogP contribution < -0.4 is 10.6 Å². The molecule has 4 aromatic rings. The molecule has 5 rings (SSSR count). The van der Waals surface area contributed by atoms with Crippen LogP contribution in [0.1, 0.15) is 37.0 Å². The number of pyridine rings is 1. The summed E-state index contributed by atoms with van der Waals surface area (Å²) < 4.78 is 13.2. The van der Waals surface area contributed by atoms with Crippen LogP contribution in [0.5, 0.6) is 0 Å². The number of nitrogens with zero attached hydrogens (tertiary/aromatic N) is 4. The Hall–Kier alpha value is -3.91. The van der Waals surface area contributed by atoms with Crippen molar-refractivity contribution in [3.05, 3.63) is 78.5 Å². The van der Waals surface area contributed by atoms with Crippen LogP contribution in [0, 0.1) is 5.82 Å². The molecule has 2 aromatic carbocycles. The number of likely N-dealkylation sites (tertiary alicyclic amines) is 1. The molecule has 7 nitrogen and oxygen atoms in total. The monoisotopic (exact) mass is 484 g/mol. The number of rotatable bonds is 6. The smallest absolute Gasteiger partial charge is 0.256 e. The number of piperidine rings is 1. The van der Waals surface area contributed by atoms with Crippen LogP contribution >= 0.6 is 0 Å². The number of amides is 1. The number of fused-ring (bicyclic) bond motifs is 1. The Morgan fingerprint density at radius 2 is 1.75 bits per heavy atom. The van der Waals surface area contributed by atoms with Crippen molar-refractivity contribution < 1.29 is 9.18 Å². The van der Waals surface area contributed by atoms with Crippen molar-refractivity contribution in [1.29, 1.82) is 0 Å². The first-order chi connectivity index (χ1) is 17.4. The molecule has 0 radical (unpaired) electrons. The zero-order valence-electron chi connectivity index (χ0n) is 20.4. The van der Waals surface area contributed by atoms with Crippen LogP contribution in [0.25, 0.3) is 22.0 Å². The molecule has 1 saturated heterocycles. The first-order valence-corrected chi connectivity index (χ1v) is 12.2. The second-order valence-electron chi connectivity index (χ2n) is 9.43. The molecule has 0 aliphatic carbocycles. The van der Waals surface area contributed by atoms with E-state index >= 15 is 0 Å². The number of aromatic nitrogens is 3. The average molecular weight is 485 g/mol. The maximum Gasteiger partial charge on any atom is 0.256 e. The van der Waals surface area contributed by atoms with Gasteiger partial charge in [0.05, 0.1) is 18.1 Å². The second-order valence-corrected chi connectivity index (χ2v) is 9.43. The molecular weight excluding hydrogens is 455 g/mol. The third-order valence-corrected chi connectivity index (χ3v) is 6.61. The Labute approximate surface area is 209 Å². The van der Waals surface area contributed by atoms with Crippen LogP contribution in [0.3, 0.4) is 0 Å². The number of carbonyl (C=O) groups is 1. The normalized spacial score (nSPS) is 14.8. The van der Waals surface area contributed by atoms with Gasteiger partial charge in [0.2, 0.25) is 0 Å².